The molecule has 1 saturated carbocycles. The van der Waals surface area contributed by atoms with Gasteiger partial charge in [-0.1, -0.05) is 0 Å². The SMILES string of the molecule is CC1CCN(C2CC2)CCN1. The molecule has 0 radical (unpaired) electrons. The highest BCUT2D eigenvalue weighted by molar-refractivity contribution is 4.86. The van der Waals surface area contributed by atoms with Crippen LogP contribution in [-0.2, 0) is 0 Å². The second-order valence-electron chi connectivity index (χ2n) is 3.91. The Morgan fingerprint density at radius 3 is 2.73 bits per heavy atom. The summed E-state index contributed by atoms with van der Waals surface area (Å²) < 4.78 is 0. The van der Waals surface area contributed by atoms with Crippen molar-refractivity contribution >= 4 is 0 Å². The van der Waals surface area contributed by atoms with Crippen molar-refractivity contribution in [3.05, 3.63) is 0 Å². The maximum atomic E-state index is 3.52. The molecule has 2 rings (SSSR count). The zero-order valence-electron chi connectivity index (χ0n) is 7.34. The van der Waals surface area contributed by atoms with Crippen molar-refractivity contribution in [2.75, 3.05) is 19.6 Å². The minimum atomic E-state index is 0.735. The van der Waals surface area contributed by atoms with Crippen LogP contribution in [0.5, 0.6) is 0 Å². The normalized spacial score (nSPS) is 35.2. The fraction of sp³-hybridized carbons (Fsp3) is 1.00. The van der Waals surface area contributed by atoms with Gasteiger partial charge in [0, 0.05) is 25.2 Å². The molecule has 2 fully saturated rings. The minimum Gasteiger partial charge on any atom is -0.313 e. The standard InChI is InChI=1S/C9H18N2/c1-8-4-6-11(7-5-10-8)9-2-3-9/h8-10H,2-7H2,1H3. The largest absolute Gasteiger partial charge is 0.313 e. The van der Waals surface area contributed by atoms with E-state index in [0.29, 0.717) is 0 Å². The summed E-state index contributed by atoms with van der Waals surface area (Å²) >= 11 is 0. The first kappa shape index (κ1) is 7.56. The fourth-order valence-corrected chi connectivity index (χ4v) is 1.83. The van der Waals surface area contributed by atoms with Gasteiger partial charge in [-0.25, -0.2) is 0 Å². The first-order valence-corrected chi connectivity index (χ1v) is 4.83. The molecule has 0 spiro atoms. The number of rotatable bonds is 1. The van der Waals surface area contributed by atoms with Gasteiger partial charge < -0.3 is 5.32 Å². The average Bonchev–Trinajstić information content (AvgIpc) is 2.73. The number of hydrogen-bond acceptors (Lipinski definition) is 2. The number of nitrogens with zero attached hydrogens (tertiary/aromatic N) is 1. The third-order valence-corrected chi connectivity index (χ3v) is 2.80. The first-order chi connectivity index (χ1) is 5.36. The highest BCUT2D eigenvalue weighted by atomic mass is 15.2. The van der Waals surface area contributed by atoms with Crippen LogP contribution in [0.4, 0.5) is 0 Å². The summed E-state index contributed by atoms with van der Waals surface area (Å²) in [6, 6.07) is 1.70. The molecule has 1 N–H and O–H groups in total. The molecule has 0 aromatic rings. The summed E-state index contributed by atoms with van der Waals surface area (Å²) in [5.41, 5.74) is 0. The quantitative estimate of drug-likeness (QED) is 0.602. The smallest absolute Gasteiger partial charge is 0.0110 e. The predicted molar refractivity (Wildman–Crippen MR) is 46.7 cm³/mol. The lowest BCUT2D eigenvalue weighted by molar-refractivity contribution is 0.280. The summed E-state index contributed by atoms with van der Waals surface area (Å²) in [6.07, 6.45) is 4.24. The van der Waals surface area contributed by atoms with Crippen LogP contribution in [0.1, 0.15) is 26.2 Å². The fourth-order valence-electron chi connectivity index (χ4n) is 1.83. The highest BCUT2D eigenvalue weighted by Crippen LogP contribution is 2.27. The molecule has 1 saturated heterocycles. The Hall–Kier alpha value is -0.0800. The van der Waals surface area contributed by atoms with Gasteiger partial charge in [-0.2, -0.15) is 0 Å². The molecule has 1 aliphatic heterocycles. The van der Waals surface area contributed by atoms with Crippen LogP contribution in [0.3, 0.4) is 0 Å². The number of hydrogen-bond donors (Lipinski definition) is 1. The molecule has 1 unspecified atom stereocenters. The predicted octanol–water partition coefficient (Wildman–Crippen LogP) is 0.833. The molecule has 0 bridgehead atoms. The Morgan fingerprint density at radius 1 is 1.18 bits per heavy atom. The molecule has 64 valence electrons. The first-order valence-electron chi connectivity index (χ1n) is 4.83. The van der Waals surface area contributed by atoms with E-state index in [4.69, 9.17) is 0 Å². The monoisotopic (exact) mass is 154 g/mol. The maximum Gasteiger partial charge on any atom is 0.0110 e. The molecular formula is C9H18N2. The summed E-state index contributed by atoms with van der Waals surface area (Å²) in [7, 11) is 0. The van der Waals surface area contributed by atoms with Gasteiger partial charge in [0.1, 0.15) is 0 Å². The highest BCUT2D eigenvalue weighted by Gasteiger charge is 2.29. The summed E-state index contributed by atoms with van der Waals surface area (Å²) in [5, 5.41) is 3.52. The Bertz CT molecular complexity index is 132. The zero-order chi connectivity index (χ0) is 7.68. The van der Waals surface area contributed by atoms with Gasteiger partial charge in [0.2, 0.25) is 0 Å². The van der Waals surface area contributed by atoms with Crippen molar-refractivity contribution in [1.29, 1.82) is 0 Å². The molecule has 2 heteroatoms. The van der Waals surface area contributed by atoms with Crippen LogP contribution >= 0.6 is 0 Å². The summed E-state index contributed by atoms with van der Waals surface area (Å²) in [5.74, 6) is 0. The van der Waals surface area contributed by atoms with Crippen LogP contribution < -0.4 is 5.32 Å². The molecule has 1 heterocycles. The zero-order valence-corrected chi connectivity index (χ0v) is 7.34. The Kier molecular flexibility index (Phi) is 2.14. The van der Waals surface area contributed by atoms with Gasteiger partial charge in [0.15, 0.2) is 0 Å². The van der Waals surface area contributed by atoms with E-state index in [-0.39, 0.29) is 0 Å². The third-order valence-electron chi connectivity index (χ3n) is 2.80. The Morgan fingerprint density at radius 2 is 2.00 bits per heavy atom. The summed E-state index contributed by atoms with van der Waals surface area (Å²) in [6.45, 7) is 6.07. The lowest BCUT2D eigenvalue weighted by Crippen LogP contribution is -2.30. The molecule has 11 heavy (non-hydrogen) atoms. The van der Waals surface area contributed by atoms with Gasteiger partial charge in [-0.05, 0) is 32.7 Å². The van der Waals surface area contributed by atoms with Crippen molar-refractivity contribution in [1.82, 2.24) is 10.2 Å². The minimum absolute atomic E-state index is 0.735. The van der Waals surface area contributed by atoms with Gasteiger partial charge in [0.05, 0.1) is 0 Å². The lowest BCUT2D eigenvalue weighted by atomic mass is 10.2. The van der Waals surface area contributed by atoms with E-state index >= 15 is 0 Å². The lowest BCUT2D eigenvalue weighted by Gasteiger charge is -2.17. The Balaban J connectivity index is 1.82. The van der Waals surface area contributed by atoms with E-state index < -0.39 is 0 Å². The average molecular weight is 154 g/mol. The van der Waals surface area contributed by atoms with Crippen LogP contribution in [0.15, 0.2) is 0 Å². The van der Waals surface area contributed by atoms with E-state index in [0.717, 1.165) is 12.1 Å². The van der Waals surface area contributed by atoms with Crippen molar-refractivity contribution in [2.24, 2.45) is 0 Å². The van der Waals surface area contributed by atoms with Gasteiger partial charge in [-0.15, -0.1) is 0 Å². The molecular weight excluding hydrogens is 136 g/mol. The topological polar surface area (TPSA) is 15.3 Å². The molecule has 0 amide bonds. The van der Waals surface area contributed by atoms with Crippen molar-refractivity contribution in [2.45, 2.75) is 38.3 Å². The second-order valence-corrected chi connectivity index (χ2v) is 3.91. The van der Waals surface area contributed by atoms with Crippen molar-refractivity contribution in [3.8, 4) is 0 Å². The molecule has 0 aromatic carbocycles. The number of nitrogens with one attached hydrogen (secondary N) is 1. The van der Waals surface area contributed by atoms with Crippen LogP contribution in [0.2, 0.25) is 0 Å². The third kappa shape index (κ3) is 1.94. The van der Waals surface area contributed by atoms with Crippen LogP contribution in [-0.4, -0.2) is 36.6 Å². The van der Waals surface area contributed by atoms with E-state index in [1.807, 2.05) is 0 Å². The van der Waals surface area contributed by atoms with Gasteiger partial charge >= 0.3 is 0 Å². The molecule has 1 aliphatic carbocycles. The van der Waals surface area contributed by atoms with Gasteiger partial charge in [0.25, 0.3) is 0 Å². The van der Waals surface area contributed by atoms with Crippen LogP contribution in [0, 0.1) is 0 Å². The van der Waals surface area contributed by atoms with Crippen molar-refractivity contribution in [3.63, 3.8) is 0 Å². The Labute approximate surface area is 69.0 Å². The molecule has 1 atom stereocenters. The molecule has 2 aliphatic rings. The van der Waals surface area contributed by atoms with E-state index in [9.17, 15) is 0 Å². The van der Waals surface area contributed by atoms with E-state index in [1.165, 1.54) is 38.9 Å². The summed E-state index contributed by atoms with van der Waals surface area (Å²) in [4.78, 5) is 2.65. The molecule has 0 aromatic heterocycles. The van der Waals surface area contributed by atoms with E-state index in [1.54, 1.807) is 0 Å². The van der Waals surface area contributed by atoms with Crippen LogP contribution in [0.25, 0.3) is 0 Å². The second kappa shape index (κ2) is 3.11. The van der Waals surface area contributed by atoms with E-state index in [2.05, 4.69) is 17.1 Å². The maximum absolute atomic E-state index is 3.52. The van der Waals surface area contributed by atoms with Crippen molar-refractivity contribution < 1.29 is 0 Å². The molecule has 2 nitrogen and oxygen atoms in total. The van der Waals surface area contributed by atoms with Gasteiger partial charge in [-0.3, -0.25) is 4.90 Å².